The van der Waals surface area contributed by atoms with Crippen LogP contribution >= 0.6 is 22.6 Å². The summed E-state index contributed by atoms with van der Waals surface area (Å²) in [6.07, 6.45) is 0. The van der Waals surface area contributed by atoms with E-state index in [0.29, 0.717) is 6.54 Å². The largest absolute Gasteiger partial charge is 0.344 e. The van der Waals surface area contributed by atoms with Gasteiger partial charge in [-0.2, -0.15) is 0 Å². The fraction of sp³-hybridized carbons (Fsp3) is 0.600. The third-order valence-corrected chi connectivity index (χ3v) is 2.44. The maximum Gasteiger partial charge on any atom is 0.322 e. The van der Waals surface area contributed by atoms with E-state index in [0.717, 1.165) is 11.0 Å². The van der Waals surface area contributed by atoms with Crippen molar-refractivity contribution in [2.75, 3.05) is 6.54 Å². The van der Waals surface area contributed by atoms with Crippen LogP contribution in [0.25, 0.3) is 0 Å². The second-order valence-electron chi connectivity index (χ2n) is 2.32. The Kier molecular flexibility index (Phi) is 2.67. The Labute approximate surface area is 73.6 Å². The van der Waals surface area contributed by atoms with Gasteiger partial charge in [0.25, 0.3) is 0 Å². The van der Waals surface area contributed by atoms with Crippen molar-refractivity contribution >= 4 is 34.5 Å². The summed E-state index contributed by atoms with van der Waals surface area (Å²) in [6.45, 7) is 2.35. The molecule has 0 aromatic carbocycles. The molecule has 1 saturated heterocycles. The van der Waals surface area contributed by atoms with Gasteiger partial charge in [0, 0.05) is 17.0 Å². The Morgan fingerprint density at radius 3 is 2.91 bits per heavy atom. The lowest BCUT2D eigenvalue weighted by Crippen LogP contribution is -2.53. The number of hydrogen-bond acceptors (Lipinski definition) is 4. The minimum atomic E-state index is -0.551. The standard InChI is InChI=1S/C5H8N2O2S2/c1-3-2-7(11-10)5(9)4(8)6-3/h3,10H,2H2,1H3,(H,6,8)/t3-/m1/s1. The van der Waals surface area contributed by atoms with Crippen molar-refractivity contribution in [3.8, 4) is 0 Å². The van der Waals surface area contributed by atoms with E-state index >= 15 is 0 Å². The molecule has 1 rings (SSSR count). The average molecular weight is 192 g/mol. The highest BCUT2D eigenvalue weighted by Gasteiger charge is 2.29. The first kappa shape index (κ1) is 8.73. The van der Waals surface area contributed by atoms with Crippen LogP contribution in [0.3, 0.4) is 0 Å². The summed E-state index contributed by atoms with van der Waals surface area (Å²) >= 11 is 3.85. The molecule has 1 atom stereocenters. The van der Waals surface area contributed by atoms with Gasteiger partial charge in [-0.25, -0.2) is 0 Å². The second-order valence-corrected chi connectivity index (χ2v) is 3.42. The van der Waals surface area contributed by atoms with E-state index in [1.54, 1.807) is 0 Å². The smallest absolute Gasteiger partial charge is 0.322 e. The van der Waals surface area contributed by atoms with Crippen molar-refractivity contribution in [2.45, 2.75) is 13.0 Å². The Hall–Kier alpha value is -0.360. The number of nitrogens with one attached hydrogen (secondary N) is 1. The SMILES string of the molecule is C[C@@H]1CN(SS)C(=O)C(=O)N1. The van der Waals surface area contributed by atoms with Crippen molar-refractivity contribution in [3.05, 3.63) is 0 Å². The molecular formula is C5H8N2O2S2. The molecule has 4 nitrogen and oxygen atoms in total. The first-order valence-corrected chi connectivity index (χ1v) is 4.91. The molecule has 6 heteroatoms. The van der Waals surface area contributed by atoms with Gasteiger partial charge in [-0.3, -0.25) is 13.9 Å². The Morgan fingerprint density at radius 2 is 2.36 bits per heavy atom. The summed E-state index contributed by atoms with van der Waals surface area (Å²) in [5.74, 6) is -1.08. The zero-order valence-corrected chi connectivity index (χ0v) is 7.61. The molecule has 0 saturated carbocycles. The zero-order chi connectivity index (χ0) is 8.43. The van der Waals surface area contributed by atoms with Gasteiger partial charge in [0.2, 0.25) is 0 Å². The lowest BCUT2D eigenvalue weighted by molar-refractivity contribution is -0.145. The lowest BCUT2D eigenvalue weighted by atomic mass is 10.2. The highest BCUT2D eigenvalue weighted by molar-refractivity contribution is 8.67. The second kappa shape index (κ2) is 3.36. The quantitative estimate of drug-likeness (QED) is 0.262. The number of carbonyl (C=O) groups excluding carboxylic acids is 2. The molecule has 0 spiro atoms. The molecule has 1 aliphatic heterocycles. The van der Waals surface area contributed by atoms with Crippen molar-refractivity contribution in [3.63, 3.8) is 0 Å². The van der Waals surface area contributed by atoms with Crippen LogP contribution in [-0.2, 0) is 9.59 Å². The van der Waals surface area contributed by atoms with Crippen molar-refractivity contribution < 1.29 is 9.59 Å². The van der Waals surface area contributed by atoms with Crippen LogP contribution in [0.15, 0.2) is 0 Å². The van der Waals surface area contributed by atoms with E-state index in [1.165, 1.54) is 4.31 Å². The molecule has 0 radical (unpaired) electrons. The summed E-state index contributed by atoms with van der Waals surface area (Å²) in [7, 11) is 0.979. The van der Waals surface area contributed by atoms with Gasteiger partial charge in [-0.15, -0.1) is 0 Å². The van der Waals surface area contributed by atoms with E-state index < -0.39 is 11.8 Å². The number of carbonyl (C=O) groups is 2. The molecule has 1 heterocycles. The summed E-state index contributed by atoms with van der Waals surface area (Å²) in [5.41, 5.74) is 0. The van der Waals surface area contributed by atoms with E-state index in [1.807, 2.05) is 6.92 Å². The molecule has 1 N–H and O–H groups in total. The van der Waals surface area contributed by atoms with Gasteiger partial charge in [0.05, 0.1) is 6.54 Å². The maximum absolute atomic E-state index is 10.9. The fourth-order valence-corrected chi connectivity index (χ4v) is 1.72. The molecule has 0 aliphatic carbocycles. The third-order valence-electron chi connectivity index (χ3n) is 1.34. The Bertz CT molecular complexity index is 197. The minimum Gasteiger partial charge on any atom is -0.344 e. The van der Waals surface area contributed by atoms with Crippen molar-refractivity contribution in [1.29, 1.82) is 0 Å². The van der Waals surface area contributed by atoms with Crippen LogP contribution < -0.4 is 5.32 Å². The van der Waals surface area contributed by atoms with Gasteiger partial charge in [0.15, 0.2) is 0 Å². The number of amides is 2. The molecule has 2 amide bonds. The summed E-state index contributed by atoms with van der Waals surface area (Å²) in [6, 6.07) is 0.0137. The number of hydrogen-bond donors (Lipinski definition) is 2. The predicted molar refractivity (Wildman–Crippen MR) is 45.9 cm³/mol. The number of piperazine rings is 1. The average Bonchev–Trinajstić information content (AvgIpc) is 1.96. The van der Waals surface area contributed by atoms with Crippen LogP contribution in [0.4, 0.5) is 0 Å². The first-order valence-electron chi connectivity index (χ1n) is 3.09. The van der Waals surface area contributed by atoms with Crippen molar-refractivity contribution in [2.24, 2.45) is 0 Å². The fourth-order valence-electron chi connectivity index (χ4n) is 0.846. The molecule has 11 heavy (non-hydrogen) atoms. The molecule has 0 aromatic heterocycles. The predicted octanol–water partition coefficient (Wildman–Crippen LogP) is -0.174. The van der Waals surface area contributed by atoms with E-state index in [9.17, 15) is 9.59 Å². The van der Waals surface area contributed by atoms with Crippen LogP contribution in [-0.4, -0.2) is 28.7 Å². The molecule has 1 aliphatic rings. The Morgan fingerprint density at radius 1 is 1.73 bits per heavy atom. The molecule has 0 bridgehead atoms. The van der Waals surface area contributed by atoms with Crippen LogP contribution in [0.1, 0.15) is 6.92 Å². The molecular weight excluding hydrogens is 184 g/mol. The zero-order valence-electron chi connectivity index (χ0n) is 5.90. The lowest BCUT2D eigenvalue weighted by Gasteiger charge is -2.27. The van der Waals surface area contributed by atoms with E-state index in [4.69, 9.17) is 0 Å². The van der Waals surface area contributed by atoms with E-state index in [-0.39, 0.29) is 6.04 Å². The summed E-state index contributed by atoms with van der Waals surface area (Å²) < 4.78 is 1.33. The van der Waals surface area contributed by atoms with Crippen molar-refractivity contribution in [1.82, 2.24) is 9.62 Å². The van der Waals surface area contributed by atoms with Crippen LogP contribution in [0, 0.1) is 0 Å². The Balaban J connectivity index is 2.66. The molecule has 0 unspecified atom stereocenters. The van der Waals surface area contributed by atoms with E-state index in [2.05, 4.69) is 17.0 Å². The first-order chi connectivity index (χ1) is 5.15. The number of rotatable bonds is 1. The van der Waals surface area contributed by atoms with Gasteiger partial charge >= 0.3 is 11.8 Å². The highest BCUT2D eigenvalue weighted by atomic mass is 33.1. The molecule has 62 valence electrons. The summed E-state index contributed by atoms with van der Waals surface area (Å²) in [5, 5.41) is 2.52. The topological polar surface area (TPSA) is 49.4 Å². The molecule has 1 fully saturated rings. The number of thiol groups is 1. The normalized spacial score (nSPS) is 25.3. The van der Waals surface area contributed by atoms with Crippen LogP contribution in [0.5, 0.6) is 0 Å². The van der Waals surface area contributed by atoms with Crippen LogP contribution in [0.2, 0.25) is 0 Å². The number of nitrogens with zero attached hydrogens (tertiary/aromatic N) is 1. The maximum atomic E-state index is 10.9. The summed E-state index contributed by atoms with van der Waals surface area (Å²) in [4.78, 5) is 21.8. The van der Waals surface area contributed by atoms with Gasteiger partial charge in [-0.05, 0) is 6.92 Å². The monoisotopic (exact) mass is 192 g/mol. The third kappa shape index (κ3) is 1.81. The van der Waals surface area contributed by atoms with Gasteiger partial charge in [0.1, 0.15) is 0 Å². The highest BCUT2D eigenvalue weighted by Crippen LogP contribution is 2.16. The van der Waals surface area contributed by atoms with Gasteiger partial charge in [-0.1, -0.05) is 11.7 Å². The minimum absolute atomic E-state index is 0.0137. The molecule has 0 aromatic rings. The van der Waals surface area contributed by atoms with Gasteiger partial charge < -0.3 is 5.32 Å².